The molecule has 0 bridgehead atoms. The van der Waals surface area contributed by atoms with Gasteiger partial charge in [0.05, 0.1) is 24.1 Å². The monoisotopic (exact) mass is 353 g/mol. The molecule has 2 rings (SSSR count). The number of rotatable bonds is 9. The first kappa shape index (κ1) is 18.6. The fourth-order valence-corrected chi connectivity index (χ4v) is 2.26. The third kappa shape index (κ3) is 6.34. The molecule has 0 aliphatic carbocycles. The van der Waals surface area contributed by atoms with Gasteiger partial charge in [-0.1, -0.05) is 30.8 Å². The average molecular weight is 353 g/mol. The van der Waals surface area contributed by atoms with Crippen molar-refractivity contribution in [1.29, 1.82) is 0 Å². The van der Waals surface area contributed by atoms with Crippen LogP contribution in [0.1, 0.15) is 12.8 Å². The van der Waals surface area contributed by atoms with E-state index in [1.165, 1.54) is 0 Å². The molecule has 2 aromatic carbocycles. The Bertz CT molecular complexity index is 748. The summed E-state index contributed by atoms with van der Waals surface area (Å²) in [5, 5.41) is 2.35. The number of hydrogen-bond donors (Lipinski definition) is 0. The van der Waals surface area contributed by atoms with Gasteiger partial charge in [-0.2, -0.15) is 4.99 Å². The van der Waals surface area contributed by atoms with Crippen molar-refractivity contribution in [1.82, 2.24) is 0 Å². The number of hydrogen-bond acceptors (Lipinski definition) is 5. The van der Waals surface area contributed by atoms with E-state index in [1.54, 1.807) is 0 Å². The summed E-state index contributed by atoms with van der Waals surface area (Å²) in [6.45, 7) is 4.31. The smallest absolute Gasteiger partial charge is 0.330 e. The zero-order chi connectivity index (χ0) is 17.9. The van der Waals surface area contributed by atoms with Crippen molar-refractivity contribution in [3.8, 4) is 16.9 Å². The second-order valence-electron chi connectivity index (χ2n) is 5.20. The largest absolute Gasteiger partial charge is 0.494 e. The lowest BCUT2D eigenvalue weighted by atomic mass is 10.1. The van der Waals surface area contributed by atoms with Crippen LogP contribution in [-0.4, -0.2) is 24.3 Å². The number of unbranched alkanes of at least 4 members (excludes halogenated alkanes) is 1. The number of esters is 1. The number of carbonyl (C=O) groups is 1. The predicted octanol–water partition coefficient (Wildman–Crippen LogP) is 4.98. The highest BCUT2D eigenvalue weighted by atomic mass is 32.1. The van der Waals surface area contributed by atoms with Crippen LogP contribution in [0.25, 0.3) is 11.1 Å². The Labute approximate surface area is 152 Å². The molecule has 2 aromatic rings. The van der Waals surface area contributed by atoms with Crippen LogP contribution < -0.4 is 4.74 Å². The Morgan fingerprint density at radius 2 is 1.64 bits per heavy atom. The Morgan fingerprint density at radius 1 is 1.04 bits per heavy atom. The van der Waals surface area contributed by atoms with Gasteiger partial charge in [0.15, 0.2) is 0 Å². The minimum absolute atomic E-state index is 0.385. The summed E-state index contributed by atoms with van der Waals surface area (Å²) in [7, 11) is 0. The van der Waals surface area contributed by atoms with Gasteiger partial charge in [0.25, 0.3) is 0 Å². The molecule has 0 spiro atoms. The summed E-state index contributed by atoms with van der Waals surface area (Å²) in [5.41, 5.74) is 2.98. The standard InChI is InChI=1S/C20H19NO3S/c1-2-20(22)24-14-4-3-13-23-19-11-7-17(8-12-19)16-5-9-18(10-6-16)21-15-25/h2,5-12H,1,3-4,13-14H2. The van der Waals surface area contributed by atoms with Crippen LogP contribution in [0.3, 0.4) is 0 Å². The van der Waals surface area contributed by atoms with Crippen LogP contribution in [0, 0.1) is 0 Å². The number of isothiocyanates is 1. The maximum absolute atomic E-state index is 10.9. The molecule has 128 valence electrons. The number of ether oxygens (including phenoxy) is 2. The van der Waals surface area contributed by atoms with E-state index in [2.05, 4.69) is 29.0 Å². The minimum Gasteiger partial charge on any atom is -0.494 e. The van der Waals surface area contributed by atoms with Gasteiger partial charge in [-0.15, -0.1) is 0 Å². The molecule has 0 radical (unpaired) electrons. The van der Waals surface area contributed by atoms with Gasteiger partial charge in [0.1, 0.15) is 5.75 Å². The fraction of sp³-hybridized carbons (Fsp3) is 0.200. The molecule has 0 atom stereocenters. The lowest BCUT2D eigenvalue weighted by Gasteiger charge is -2.08. The van der Waals surface area contributed by atoms with Gasteiger partial charge in [-0.3, -0.25) is 0 Å². The first-order chi connectivity index (χ1) is 12.2. The molecule has 25 heavy (non-hydrogen) atoms. The Morgan fingerprint density at radius 3 is 2.24 bits per heavy atom. The molecule has 0 N–H and O–H groups in total. The van der Waals surface area contributed by atoms with Crippen LogP contribution in [0.4, 0.5) is 5.69 Å². The normalized spacial score (nSPS) is 9.76. The highest BCUT2D eigenvalue weighted by molar-refractivity contribution is 7.78. The molecular weight excluding hydrogens is 334 g/mol. The first-order valence-electron chi connectivity index (χ1n) is 7.93. The maximum atomic E-state index is 10.9. The zero-order valence-corrected chi connectivity index (χ0v) is 14.6. The zero-order valence-electron chi connectivity index (χ0n) is 13.8. The van der Waals surface area contributed by atoms with Crippen molar-refractivity contribution in [2.45, 2.75) is 12.8 Å². The molecule has 0 amide bonds. The van der Waals surface area contributed by atoms with Crippen LogP contribution >= 0.6 is 12.2 Å². The van der Waals surface area contributed by atoms with E-state index in [4.69, 9.17) is 9.47 Å². The van der Waals surface area contributed by atoms with E-state index in [1.807, 2.05) is 48.5 Å². The van der Waals surface area contributed by atoms with Crippen LogP contribution in [-0.2, 0) is 9.53 Å². The summed E-state index contributed by atoms with van der Waals surface area (Å²) in [6, 6.07) is 15.7. The van der Waals surface area contributed by atoms with Crippen molar-refractivity contribution in [3.63, 3.8) is 0 Å². The van der Waals surface area contributed by atoms with E-state index in [0.717, 1.165) is 41.5 Å². The molecule has 0 saturated carbocycles. The highest BCUT2D eigenvalue weighted by Crippen LogP contribution is 2.24. The third-order valence-corrected chi connectivity index (χ3v) is 3.54. The SMILES string of the molecule is C=CC(=O)OCCCCOc1ccc(-c2ccc(N=C=S)cc2)cc1. The average Bonchev–Trinajstić information content (AvgIpc) is 2.66. The lowest BCUT2D eigenvalue weighted by molar-refractivity contribution is -0.137. The quantitative estimate of drug-likeness (QED) is 0.210. The minimum atomic E-state index is -0.390. The first-order valence-corrected chi connectivity index (χ1v) is 8.34. The van der Waals surface area contributed by atoms with Gasteiger partial charge < -0.3 is 9.47 Å². The van der Waals surface area contributed by atoms with Crippen molar-refractivity contribution < 1.29 is 14.3 Å². The second-order valence-corrected chi connectivity index (χ2v) is 5.38. The van der Waals surface area contributed by atoms with Crippen LogP contribution in [0.5, 0.6) is 5.75 Å². The summed E-state index contributed by atoms with van der Waals surface area (Å²) in [4.78, 5) is 14.8. The molecule has 4 nitrogen and oxygen atoms in total. The Kier molecular flexibility index (Phi) is 7.57. The summed E-state index contributed by atoms with van der Waals surface area (Å²) >= 11 is 4.59. The summed E-state index contributed by atoms with van der Waals surface area (Å²) < 4.78 is 10.6. The molecule has 0 aliphatic rings. The van der Waals surface area contributed by atoms with E-state index in [0.29, 0.717) is 13.2 Å². The third-order valence-electron chi connectivity index (χ3n) is 3.45. The molecule has 0 aromatic heterocycles. The van der Waals surface area contributed by atoms with Crippen LogP contribution in [0.2, 0.25) is 0 Å². The molecule has 0 saturated heterocycles. The van der Waals surface area contributed by atoms with E-state index in [-0.39, 0.29) is 0 Å². The molecule has 0 aliphatic heterocycles. The van der Waals surface area contributed by atoms with Crippen LogP contribution in [0.15, 0.2) is 66.2 Å². The fourth-order valence-electron chi connectivity index (χ4n) is 2.15. The maximum Gasteiger partial charge on any atom is 0.330 e. The Balaban J connectivity index is 1.78. The topological polar surface area (TPSA) is 47.9 Å². The van der Waals surface area contributed by atoms with Crippen molar-refractivity contribution in [2.75, 3.05) is 13.2 Å². The molecular formula is C20H19NO3S. The molecule has 0 heterocycles. The van der Waals surface area contributed by atoms with Gasteiger partial charge in [0, 0.05) is 6.08 Å². The lowest BCUT2D eigenvalue weighted by Crippen LogP contribution is -2.04. The van der Waals surface area contributed by atoms with Crippen molar-refractivity contribution in [3.05, 3.63) is 61.2 Å². The van der Waals surface area contributed by atoms with Crippen molar-refractivity contribution in [2.24, 2.45) is 4.99 Å². The molecule has 5 heteroatoms. The predicted molar refractivity (Wildman–Crippen MR) is 102 cm³/mol. The van der Waals surface area contributed by atoms with Gasteiger partial charge in [-0.25, -0.2) is 4.79 Å². The van der Waals surface area contributed by atoms with E-state index < -0.39 is 5.97 Å². The summed E-state index contributed by atoms with van der Waals surface area (Å²) in [5.74, 6) is 0.423. The second kappa shape index (κ2) is 10.2. The Hall–Kier alpha value is -2.75. The van der Waals surface area contributed by atoms with Gasteiger partial charge in [0.2, 0.25) is 0 Å². The van der Waals surface area contributed by atoms with Gasteiger partial charge >= 0.3 is 5.97 Å². The molecule has 0 fully saturated rings. The van der Waals surface area contributed by atoms with E-state index in [9.17, 15) is 4.79 Å². The number of nitrogens with zero attached hydrogens (tertiary/aromatic N) is 1. The van der Waals surface area contributed by atoms with E-state index >= 15 is 0 Å². The number of thiocarbonyl (C=S) groups is 1. The number of carbonyl (C=O) groups excluding carboxylic acids is 1. The number of aliphatic imine (C=N–C) groups is 1. The van der Waals surface area contributed by atoms with Crippen molar-refractivity contribution >= 4 is 29.0 Å². The number of benzene rings is 2. The summed E-state index contributed by atoms with van der Waals surface area (Å²) in [6.07, 6.45) is 2.73. The van der Waals surface area contributed by atoms with Gasteiger partial charge in [-0.05, 0) is 60.5 Å². The highest BCUT2D eigenvalue weighted by Gasteiger charge is 2.00. The molecule has 0 unspecified atom stereocenters.